The van der Waals surface area contributed by atoms with Gasteiger partial charge in [-0.2, -0.15) is 11.8 Å². The van der Waals surface area contributed by atoms with E-state index in [4.69, 9.17) is 0 Å². The number of benzene rings is 1. The van der Waals surface area contributed by atoms with E-state index in [2.05, 4.69) is 17.0 Å². The third-order valence-corrected chi connectivity index (χ3v) is 5.06. The van der Waals surface area contributed by atoms with E-state index < -0.39 is 0 Å². The molecule has 1 saturated heterocycles. The summed E-state index contributed by atoms with van der Waals surface area (Å²) in [4.78, 5) is 15.4. The standard InChI is InChI=1S/C15H15NOS2/c17-15(14-2-1-9-19-14)12-3-5-13(6-4-12)16-7-10-18-11-8-16/h1-6,9H,7-8,10-11H2. The summed E-state index contributed by atoms with van der Waals surface area (Å²) >= 11 is 3.50. The van der Waals surface area contributed by atoms with E-state index in [1.165, 1.54) is 28.5 Å². The van der Waals surface area contributed by atoms with Crippen molar-refractivity contribution in [2.24, 2.45) is 0 Å². The molecular weight excluding hydrogens is 274 g/mol. The first kappa shape index (κ1) is 12.8. The summed E-state index contributed by atoms with van der Waals surface area (Å²) in [5, 5.41) is 1.94. The average Bonchev–Trinajstić information content (AvgIpc) is 3.02. The highest BCUT2D eigenvalue weighted by molar-refractivity contribution is 7.99. The van der Waals surface area contributed by atoms with Crippen LogP contribution in [0.4, 0.5) is 5.69 Å². The van der Waals surface area contributed by atoms with E-state index >= 15 is 0 Å². The van der Waals surface area contributed by atoms with Crippen molar-refractivity contribution in [1.29, 1.82) is 0 Å². The minimum Gasteiger partial charge on any atom is -0.370 e. The van der Waals surface area contributed by atoms with Gasteiger partial charge in [0.15, 0.2) is 0 Å². The lowest BCUT2D eigenvalue weighted by Crippen LogP contribution is -2.32. The molecule has 0 radical (unpaired) electrons. The van der Waals surface area contributed by atoms with Crippen molar-refractivity contribution >= 4 is 34.6 Å². The summed E-state index contributed by atoms with van der Waals surface area (Å²) in [5.41, 5.74) is 2.00. The molecule has 1 aromatic heterocycles. The van der Waals surface area contributed by atoms with Crippen molar-refractivity contribution < 1.29 is 4.79 Å². The van der Waals surface area contributed by atoms with E-state index in [-0.39, 0.29) is 5.78 Å². The number of thiophene rings is 1. The second kappa shape index (κ2) is 5.80. The Bertz CT molecular complexity index is 542. The van der Waals surface area contributed by atoms with Crippen molar-refractivity contribution in [3.8, 4) is 0 Å². The maximum atomic E-state index is 12.2. The van der Waals surface area contributed by atoms with Crippen molar-refractivity contribution in [3.05, 3.63) is 52.2 Å². The summed E-state index contributed by atoms with van der Waals surface area (Å²) in [6.07, 6.45) is 0. The maximum Gasteiger partial charge on any atom is 0.202 e. The van der Waals surface area contributed by atoms with Crippen molar-refractivity contribution in [1.82, 2.24) is 0 Å². The lowest BCUT2D eigenvalue weighted by Gasteiger charge is -2.28. The fraction of sp³-hybridized carbons (Fsp3) is 0.267. The highest BCUT2D eigenvalue weighted by atomic mass is 32.2. The van der Waals surface area contributed by atoms with Gasteiger partial charge in [0, 0.05) is 35.8 Å². The van der Waals surface area contributed by atoms with Crippen molar-refractivity contribution in [2.45, 2.75) is 0 Å². The quantitative estimate of drug-likeness (QED) is 0.806. The molecule has 0 unspecified atom stereocenters. The van der Waals surface area contributed by atoms with Crippen LogP contribution in [0.1, 0.15) is 15.2 Å². The van der Waals surface area contributed by atoms with E-state index in [1.54, 1.807) is 0 Å². The molecule has 2 heterocycles. The molecule has 0 aliphatic carbocycles. The molecular formula is C15H15NOS2. The summed E-state index contributed by atoms with van der Waals surface area (Å²) < 4.78 is 0. The van der Waals surface area contributed by atoms with Gasteiger partial charge in [-0.25, -0.2) is 0 Å². The number of ketones is 1. The van der Waals surface area contributed by atoms with Gasteiger partial charge < -0.3 is 4.90 Å². The fourth-order valence-electron chi connectivity index (χ4n) is 2.20. The van der Waals surface area contributed by atoms with Gasteiger partial charge in [0.1, 0.15) is 0 Å². The summed E-state index contributed by atoms with van der Waals surface area (Å²) in [5.74, 6) is 2.50. The highest BCUT2D eigenvalue weighted by Gasteiger charge is 2.13. The number of hydrogen-bond acceptors (Lipinski definition) is 4. The molecule has 3 rings (SSSR count). The first-order valence-electron chi connectivity index (χ1n) is 6.35. The number of carbonyl (C=O) groups excluding carboxylic acids is 1. The molecule has 0 saturated carbocycles. The van der Waals surface area contributed by atoms with Crippen molar-refractivity contribution in [3.63, 3.8) is 0 Å². The Kier molecular flexibility index (Phi) is 3.89. The second-order valence-corrected chi connectivity index (χ2v) is 6.63. The number of hydrogen-bond donors (Lipinski definition) is 0. The Morgan fingerprint density at radius 2 is 1.79 bits per heavy atom. The Balaban J connectivity index is 1.77. The van der Waals surface area contributed by atoms with Gasteiger partial charge in [0.25, 0.3) is 0 Å². The monoisotopic (exact) mass is 289 g/mol. The van der Waals surface area contributed by atoms with E-state index in [0.717, 1.165) is 23.5 Å². The zero-order valence-electron chi connectivity index (χ0n) is 10.5. The molecule has 19 heavy (non-hydrogen) atoms. The number of anilines is 1. The average molecular weight is 289 g/mol. The topological polar surface area (TPSA) is 20.3 Å². The second-order valence-electron chi connectivity index (χ2n) is 4.45. The predicted molar refractivity (Wildman–Crippen MR) is 83.7 cm³/mol. The Morgan fingerprint density at radius 1 is 1.05 bits per heavy atom. The van der Waals surface area contributed by atoms with Crippen LogP contribution in [0.15, 0.2) is 41.8 Å². The molecule has 2 nitrogen and oxygen atoms in total. The Labute approximate surface area is 121 Å². The molecule has 1 aliphatic rings. The number of carbonyl (C=O) groups is 1. The van der Waals surface area contributed by atoms with Crippen LogP contribution in [0.2, 0.25) is 0 Å². The van der Waals surface area contributed by atoms with Crippen molar-refractivity contribution in [2.75, 3.05) is 29.5 Å². The molecule has 4 heteroatoms. The van der Waals surface area contributed by atoms with Gasteiger partial charge in [0.05, 0.1) is 4.88 Å². The van der Waals surface area contributed by atoms with Gasteiger partial charge in [0.2, 0.25) is 5.78 Å². The molecule has 1 aliphatic heterocycles. The van der Waals surface area contributed by atoms with Crippen LogP contribution in [0.5, 0.6) is 0 Å². The van der Waals surface area contributed by atoms with Gasteiger partial charge in [-0.3, -0.25) is 4.79 Å². The third kappa shape index (κ3) is 2.85. The van der Waals surface area contributed by atoms with E-state index in [9.17, 15) is 4.79 Å². The number of nitrogens with zero attached hydrogens (tertiary/aromatic N) is 1. The summed E-state index contributed by atoms with van der Waals surface area (Å²) in [7, 11) is 0. The van der Waals surface area contributed by atoms with Crippen LogP contribution in [-0.4, -0.2) is 30.4 Å². The Hall–Kier alpha value is -1.26. The first-order valence-corrected chi connectivity index (χ1v) is 8.39. The molecule has 98 valence electrons. The summed E-state index contributed by atoms with van der Waals surface area (Å²) in [6.45, 7) is 2.20. The van der Waals surface area contributed by atoms with Gasteiger partial charge in [-0.05, 0) is 35.7 Å². The van der Waals surface area contributed by atoms with Crippen LogP contribution in [-0.2, 0) is 0 Å². The minimum atomic E-state index is 0.121. The lowest BCUT2D eigenvalue weighted by atomic mass is 10.1. The number of rotatable bonds is 3. The molecule has 0 atom stereocenters. The Morgan fingerprint density at radius 3 is 2.42 bits per heavy atom. The van der Waals surface area contributed by atoms with Crippen LogP contribution in [0, 0.1) is 0 Å². The molecule has 1 aromatic carbocycles. The summed E-state index contributed by atoms with van der Waals surface area (Å²) in [6, 6.07) is 11.8. The normalized spacial score (nSPS) is 15.5. The zero-order chi connectivity index (χ0) is 13.1. The molecule has 0 amide bonds. The number of thioether (sulfide) groups is 1. The van der Waals surface area contributed by atoms with Crippen LogP contribution in [0.25, 0.3) is 0 Å². The third-order valence-electron chi connectivity index (χ3n) is 3.25. The zero-order valence-corrected chi connectivity index (χ0v) is 12.2. The first-order chi connectivity index (χ1) is 9.34. The fourth-order valence-corrected chi connectivity index (χ4v) is 3.78. The molecule has 1 fully saturated rings. The minimum absolute atomic E-state index is 0.121. The molecule has 2 aromatic rings. The molecule has 0 bridgehead atoms. The van der Waals surface area contributed by atoms with E-state index in [1.807, 2.05) is 41.4 Å². The molecule has 0 N–H and O–H groups in total. The maximum absolute atomic E-state index is 12.2. The van der Waals surface area contributed by atoms with E-state index in [0.29, 0.717) is 0 Å². The lowest BCUT2D eigenvalue weighted by molar-refractivity contribution is 0.104. The van der Waals surface area contributed by atoms with Crippen LogP contribution >= 0.6 is 23.1 Å². The predicted octanol–water partition coefficient (Wildman–Crippen LogP) is 3.53. The van der Waals surface area contributed by atoms with Gasteiger partial charge in [-0.15, -0.1) is 11.3 Å². The van der Waals surface area contributed by atoms with Crippen LogP contribution in [0.3, 0.4) is 0 Å². The van der Waals surface area contributed by atoms with Gasteiger partial charge in [-0.1, -0.05) is 6.07 Å². The van der Waals surface area contributed by atoms with Gasteiger partial charge >= 0.3 is 0 Å². The molecule has 0 spiro atoms. The SMILES string of the molecule is O=C(c1ccc(N2CCSCC2)cc1)c1cccs1. The van der Waals surface area contributed by atoms with Crippen LogP contribution < -0.4 is 4.90 Å². The smallest absolute Gasteiger partial charge is 0.202 e. The largest absolute Gasteiger partial charge is 0.370 e. The highest BCUT2D eigenvalue weighted by Crippen LogP contribution is 2.21.